The molecular weight excluding hydrogens is 488 g/mol. The first kappa shape index (κ1) is 19.2. The molecule has 1 aromatic carbocycles. The van der Waals surface area contributed by atoms with Gasteiger partial charge in [-0.2, -0.15) is 0 Å². The van der Waals surface area contributed by atoms with Crippen molar-refractivity contribution in [1.82, 2.24) is 10.2 Å². The van der Waals surface area contributed by atoms with Crippen LogP contribution in [0.4, 0.5) is 4.79 Å². The number of ether oxygens (including phenoxy) is 1. The second-order valence-corrected chi connectivity index (χ2v) is 7.18. The molecule has 0 radical (unpaired) electrons. The third-order valence-electron chi connectivity index (χ3n) is 3.67. The van der Waals surface area contributed by atoms with Gasteiger partial charge in [0.1, 0.15) is 17.2 Å². The number of furan rings is 1. The Morgan fingerprint density at radius 1 is 1.30 bits per heavy atom. The number of hydrogen-bond donors (Lipinski definition) is 2. The van der Waals surface area contributed by atoms with Gasteiger partial charge in [0, 0.05) is 0 Å². The molecule has 1 aromatic heterocycles. The van der Waals surface area contributed by atoms with E-state index in [-0.39, 0.29) is 29.5 Å². The van der Waals surface area contributed by atoms with Crippen molar-refractivity contribution in [1.29, 1.82) is 0 Å². The summed E-state index contributed by atoms with van der Waals surface area (Å²) in [5.74, 6) is -0.928. The molecule has 2 N–H and O–H groups in total. The van der Waals surface area contributed by atoms with Crippen LogP contribution in [0.15, 0.2) is 43.3 Å². The van der Waals surface area contributed by atoms with Crippen molar-refractivity contribution in [2.24, 2.45) is 0 Å². The van der Waals surface area contributed by atoms with Gasteiger partial charge in [0.2, 0.25) is 5.76 Å². The zero-order valence-electron chi connectivity index (χ0n) is 13.8. The topological polar surface area (TPSA) is 109 Å². The third kappa shape index (κ3) is 3.91. The number of nitrogens with one attached hydrogen (secondary N) is 1. The lowest BCUT2D eigenvalue weighted by Crippen LogP contribution is -2.30. The van der Waals surface area contributed by atoms with E-state index in [0.29, 0.717) is 14.5 Å². The standard InChI is InChI=1S/C17H12Br2N2O6/c1-26-16(24)13-3-2-9(27-13)7-21-15(23)12(20-17(21)25)6-8-4-10(18)14(22)11(19)5-8/h2-6,22H,7H2,1H3,(H,20,25). The fourth-order valence-corrected chi connectivity index (χ4v) is 3.60. The van der Waals surface area contributed by atoms with Gasteiger partial charge in [-0.3, -0.25) is 9.69 Å². The SMILES string of the molecule is COC(=O)c1ccc(CN2C(=O)NC(=Cc3cc(Br)c(O)c(Br)c3)C2=O)o1. The van der Waals surface area contributed by atoms with Crippen LogP contribution in [-0.2, 0) is 16.1 Å². The van der Waals surface area contributed by atoms with Crippen LogP contribution in [0, 0.1) is 0 Å². The van der Waals surface area contributed by atoms with Crippen molar-refractivity contribution in [2.75, 3.05) is 7.11 Å². The van der Waals surface area contributed by atoms with E-state index in [1.807, 2.05) is 0 Å². The largest absolute Gasteiger partial charge is 0.506 e. The predicted octanol–water partition coefficient (Wildman–Crippen LogP) is 3.39. The molecule has 3 amide bonds. The molecule has 0 saturated carbocycles. The molecule has 2 aromatic rings. The Balaban J connectivity index is 1.81. The number of imide groups is 1. The molecule has 1 saturated heterocycles. The number of hydrogen-bond acceptors (Lipinski definition) is 6. The average Bonchev–Trinajstić information content (AvgIpc) is 3.20. The summed E-state index contributed by atoms with van der Waals surface area (Å²) in [6.45, 7) is -0.137. The normalized spacial score (nSPS) is 15.4. The van der Waals surface area contributed by atoms with Gasteiger partial charge in [0.25, 0.3) is 5.91 Å². The molecule has 2 heterocycles. The molecule has 8 nitrogen and oxygen atoms in total. The van der Waals surface area contributed by atoms with Crippen molar-refractivity contribution < 1.29 is 28.6 Å². The van der Waals surface area contributed by atoms with Crippen molar-refractivity contribution in [2.45, 2.75) is 6.54 Å². The number of esters is 1. The number of amides is 3. The maximum Gasteiger partial charge on any atom is 0.373 e. The van der Waals surface area contributed by atoms with Gasteiger partial charge in [-0.25, -0.2) is 9.59 Å². The fraction of sp³-hybridized carbons (Fsp3) is 0.118. The molecular formula is C17H12Br2N2O6. The smallest absolute Gasteiger partial charge is 0.373 e. The van der Waals surface area contributed by atoms with E-state index in [1.165, 1.54) is 25.3 Å². The summed E-state index contributed by atoms with van der Waals surface area (Å²) in [6, 6.07) is 5.48. The molecule has 0 unspecified atom stereocenters. The molecule has 0 spiro atoms. The number of methoxy groups -OCH3 is 1. The highest BCUT2D eigenvalue weighted by Gasteiger charge is 2.34. The van der Waals surface area contributed by atoms with Gasteiger partial charge in [0.05, 0.1) is 22.6 Å². The maximum atomic E-state index is 12.5. The number of nitrogens with zero attached hydrogens (tertiary/aromatic N) is 1. The number of phenols is 1. The second-order valence-electron chi connectivity index (χ2n) is 5.47. The number of rotatable bonds is 4. The number of phenolic OH excluding ortho intramolecular Hbond substituents is 1. The first-order valence-electron chi connectivity index (χ1n) is 7.49. The zero-order valence-corrected chi connectivity index (χ0v) is 17.0. The van der Waals surface area contributed by atoms with Crippen molar-refractivity contribution >= 4 is 55.8 Å². The Morgan fingerprint density at radius 2 is 1.96 bits per heavy atom. The Morgan fingerprint density at radius 3 is 2.59 bits per heavy atom. The van der Waals surface area contributed by atoms with Crippen molar-refractivity contribution in [3.05, 3.63) is 56.0 Å². The van der Waals surface area contributed by atoms with Crippen LogP contribution in [0.1, 0.15) is 21.9 Å². The summed E-state index contributed by atoms with van der Waals surface area (Å²) in [5, 5.41) is 12.2. The molecule has 10 heteroatoms. The van der Waals surface area contributed by atoms with E-state index >= 15 is 0 Å². The van der Waals surface area contributed by atoms with Crippen LogP contribution < -0.4 is 5.32 Å². The van der Waals surface area contributed by atoms with Crippen molar-refractivity contribution in [3.8, 4) is 5.75 Å². The van der Waals surface area contributed by atoms with Gasteiger partial charge in [-0.1, -0.05) is 0 Å². The lowest BCUT2D eigenvalue weighted by Gasteiger charge is -2.09. The van der Waals surface area contributed by atoms with E-state index in [9.17, 15) is 19.5 Å². The Kier molecular flexibility index (Phi) is 5.38. The Hall–Kier alpha value is -2.59. The molecule has 0 atom stereocenters. The summed E-state index contributed by atoms with van der Waals surface area (Å²) in [5.41, 5.74) is 0.660. The molecule has 1 aliphatic heterocycles. The van der Waals surface area contributed by atoms with E-state index < -0.39 is 17.9 Å². The number of aromatic hydroxyl groups is 1. The number of benzene rings is 1. The van der Waals surface area contributed by atoms with Gasteiger partial charge < -0.3 is 19.6 Å². The highest BCUT2D eigenvalue weighted by Crippen LogP contribution is 2.34. The Bertz CT molecular complexity index is 959. The summed E-state index contributed by atoms with van der Waals surface area (Å²) in [4.78, 5) is 37.0. The fourth-order valence-electron chi connectivity index (χ4n) is 2.38. The summed E-state index contributed by atoms with van der Waals surface area (Å²) >= 11 is 6.41. The molecule has 3 rings (SSSR count). The van der Waals surface area contributed by atoms with E-state index in [0.717, 1.165) is 4.90 Å². The minimum absolute atomic E-state index is 0.0193. The van der Waals surface area contributed by atoms with Gasteiger partial charge in [-0.05, 0) is 67.8 Å². The van der Waals surface area contributed by atoms with E-state index in [4.69, 9.17) is 4.42 Å². The van der Waals surface area contributed by atoms with Crippen LogP contribution in [0.25, 0.3) is 6.08 Å². The number of carbonyl (C=O) groups excluding carboxylic acids is 3. The van der Waals surface area contributed by atoms with Crippen LogP contribution in [-0.4, -0.2) is 35.0 Å². The molecule has 1 fully saturated rings. The van der Waals surface area contributed by atoms with Gasteiger partial charge in [0.15, 0.2) is 0 Å². The molecule has 0 aliphatic carbocycles. The lowest BCUT2D eigenvalue weighted by molar-refractivity contribution is -0.123. The predicted molar refractivity (Wildman–Crippen MR) is 101 cm³/mol. The second kappa shape index (κ2) is 7.57. The monoisotopic (exact) mass is 498 g/mol. The minimum atomic E-state index is -0.650. The highest BCUT2D eigenvalue weighted by atomic mass is 79.9. The first-order chi connectivity index (χ1) is 12.8. The first-order valence-corrected chi connectivity index (χ1v) is 9.08. The van der Waals surface area contributed by atoms with E-state index in [2.05, 4.69) is 41.9 Å². The Labute approximate surface area is 170 Å². The molecule has 27 heavy (non-hydrogen) atoms. The number of urea groups is 1. The van der Waals surface area contributed by atoms with Crippen molar-refractivity contribution in [3.63, 3.8) is 0 Å². The maximum absolute atomic E-state index is 12.5. The third-order valence-corrected chi connectivity index (χ3v) is 4.88. The van der Waals surface area contributed by atoms with Crippen LogP contribution in [0.5, 0.6) is 5.75 Å². The molecule has 0 bridgehead atoms. The average molecular weight is 500 g/mol. The highest BCUT2D eigenvalue weighted by molar-refractivity contribution is 9.11. The molecule has 140 valence electrons. The van der Waals surface area contributed by atoms with Crippen LogP contribution in [0.2, 0.25) is 0 Å². The van der Waals surface area contributed by atoms with Crippen LogP contribution in [0.3, 0.4) is 0 Å². The quantitative estimate of drug-likeness (QED) is 0.379. The van der Waals surface area contributed by atoms with Gasteiger partial charge >= 0.3 is 12.0 Å². The summed E-state index contributed by atoms with van der Waals surface area (Å²) < 4.78 is 10.7. The summed E-state index contributed by atoms with van der Waals surface area (Å²) in [7, 11) is 1.22. The van der Waals surface area contributed by atoms with Gasteiger partial charge in [-0.15, -0.1) is 0 Å². The molecule has 1 aliphatic rings. The zero-order chi connectivity index (χ0) is 19.7. The minimum Gasteiger partial charge on any atom is -0.506 e. The van der Waals surface area contributed by atoms with Crippen LogP contribution >= 0.6 is 31.9 Å². The number of carbonyl (C=O) groups is 3. The lowest BCUT2D eigenvalue weighted by atomic mass is 10.2. The number of halogens is 2. The summed E-state index contributed by atoms with van der Waals surface area (Å²) in [6.07, 6.45) is 1.48. The van der Waals surface area contributed by atoms with E-state index in [1.54, 1.807) is 12.1 Å².